The second-order valence-electron chi connectivity index (χ2n) is 7.07. The van der Waals surface area contributed by atoms with Crippen LogP contribution in [-0.4, -0.2) is 30.0 Å². The van der Waals surface area contributed by atoms with Crippen LogP contribution < -0.4 is 14.9 Å². The van der Waals surface area contributed by atoms with Crippen LogP contribution in [0.15, 0.2) is 91.1 Å². The van der Waals surface area contributed by atoms with Crippen LogP contribution in [0.2, 0.25) is 0 Å². The van der Waals surface area contributed by atoms with Crippen LogP contribution in [-0.2, 0) is 0 Å². The third-order valence-corrected chi connectivity index (χ3v) is 4.92. The van der Waals surface area contributed by atoms with E-state index < -0.39 is 5.97 Å². The summed E-state index contributed by atoms with van der Waals surface area (Å²) in [6.45, 7) is 8.18. The molecule has 3 aromatic carbocycles. The van der Waals surface area contributed by atoms with Crippen molar-refractivity contribution >= 4 is 17.4 Å². The van der Waals surface area contributed by atoms with Crippen molar-refractivity contribution in [1.82, 2.24) is 0 Å². The molecule has 0 unspecified atom stereocenters. The SMILES string of the molecule is C=CCOc1ccc2c(c1)C(=NNc1cccc(C(=O)O)c1)c1cc(OCC=C)ccc1-2. The van der Waals surface area contributed by atoms with E-state index in [1.807, 2.05) is 36.4 Å². The van der Waals surface area contributed by atoms with Gasteiger partial charge in [0.05, 0.1) is 17.0 Å². The predicted octanol–water partition coefficient (Wildman–Crippen LogP) is 5.36. The maximum Gasteiger partial charge on any atom is 0.335 e. The van der Waals surface area contributed by atoms with Gasteiger partial charge in [0.2, 0.25) is 0 Å². The summed E-state index contributed by atoms with van der Waals surface area (Å²) in [4.78, 5) is 11.3. The molecule has 0 aromatic heterocycles. The molecule has 6 heteroatoms. The Morgan fingerprint density at radius 2 is 1.47 bits per heavy atom. The van der Waals surface area contributed by atoms with Crippen LogP contribution in [0.25, 0.3) is 11.1 Å². The van der Waals surface area contributed by atoms with Gasteiger partial charge in [0.15, 0.2) is 0 Å². The summed E-state index contributed by atoms with van der Waals surface area (Å²) >= 11 is 0. The van der Waals surface area contributed by atoms with E-state index in [-0.39, 0.29) is 5.56 Å². The molecule has 0 saturated carbocycles. The molecule has 32 heavy (non-hydrogen) atoms. The van der Waals surface area contributed by atoms with Crippen molar-refractivity contribution in [1.29, 1.82) is 0 Å². The Hall–Kier alpha value is -4.32. The maximum absolute atomic E-state index is 11.3. The fourth-order valence-corrected chi connectivity index (χ4v) is 3.51. The first-order valence-corrected chi connectivity index (χ1v) is 10.0. The van der Waals surface area contributed by atoms with Crippen LogP contribution in [0.1, 0.15) is 21.5 Å². The van der Waals surface area contributed by atoms with Crippen molar-refractivity contribution in [2.45, 2.75) is 0 Å². The summed E-state index contributed by atoms with van der Waals surface area (Å²) in [5, 5.41) is 13.9. The van der Waals surface area contributed by atoms with Gasteiger partial charge in [0, 0.05) is 11.1 Å². The number of carboxylic acids is 1. The second-order valence-corrected chi connectivity index (χ2v) is 7.07. The molecule has 0 fully saturated rings. The average Bonchev–Trinajstić information content (AvgIpc) is 3.12. The molecule has 0 heterocycles. The highest BCUT2D eigenvalue weighted by Gasteiger charge is 2.26. The fraction of sp³-hybridized carbons (Fsp3) is 0.0769. The minimum Gasteiger partial charge on any atom is -0.490 e. The summed E-state index contributed by atoms with van der Waals surface area (Å²) in [7, 11) is 0. The van der Waals surface area contributed by atoms with E-state index >= 15 is 0 Å². The summed E-state index contributed by atoms with van der Waals surface area (Å²) in [6, 6.07) is 18.2. The number of fused-ring (bicyclic) bond motifs is 3. The Morgan fingerprint density at radius 3 is 2.00 bits per heavy atom. The van der Waals surface area contributed by atoms with Gasteiger partial charge in [0.25, 0.3) is 0 Å². The van der Waals surface area contributed by atoms with Gasteiger partial charge < -0.3 is 14.6 Å². The first-order chi connectivity index (χ1) is 15.6. The summed E-state index contributed by atoms with van der Waals surface area (Å²) in [5.74, 6) is 0.422. The Bertz CT molecular complexity index is 1170. The van der Waals surface area contributed by atoms with Crippen LogP contribution in [0.5, 0.6) is 11.5 Å². The van der Waals surface area contributed by atoms with Crippen LogP contribution in [0.3, 0.4) is 0 Å². The number of hydrogen-bond acceptors (Lipinski definition) is 5. The maximum atomic E-state index is 11.3. The number of carboxylic acid groups (broad SMARTS) is 1. The van der Waals surface area contributed by atoms with E-state index in [4.69, 9.17) is 9.47 Å². The molecule has 3 aromatic rings. The highest BCUT2D eigenvalue weighted by molar-refractivity contribution is 6.25. The fourth-order valence-electron chi connectivity index (χ4n) is 3.51. The Morgan fingerprint density at radius 1 is 0.875 bits per heavy atom. The molecule has 0 bridgehead atoms. The van der Waals surface area contributed by atoms with E-state index in [0.717, 1.165) is 22.3 Å². The number of rotatable bonds is 9. The monoisotopic (exact) mass is 426 g/mol. The quantitative estimate of drug-likeness (QED) is 0.278. The number of hydrazone groups is 1. The molecule has 160 valence electrons. The number of carbonyl (C=O) groups is 1. The van der Waals surface area contributed by atoms with E-state index in [1.54, 1.807) is 24.3 Å². The highest BCUT2D eigenvalue weighted by Crippen LogP contribution is 2.40. The minimum atomic E-state index is -0.995. The second kappa shape index (κ2) is 9.22. The largest absolute Gasteiger partial charge is 0.490 e. The molecule has 1 aliphatic carbocycles. The number of anilines is 1. The molecular formula is C26H22N2O4. The molecule has 0 spiro atoms. The van der Waals surface area contributed by atoms with Gasteiger partial charge in [-0.3, -0.25) is 5.43 Å². The molecule has 4 rings (SSSR count). The zero-order valence-electron chi connectivity index (χ0n) is 17.4. The van der Waals surface area contributed by atoms with Gasteiger partial charge in [-0.25, -0.2) is 4.79 Å². The molecule has 0 amide bonds. The zero-order valence-corrected chi connectivity index (χ0v) is 17.4. The van der Waals surface area contributed by atoms with Crippen LogP contribution in [0.4, 0.5) is 5.69 Å². The van der Waals surface area contributed by atoms with E-state index in [2.05, 4.69) is 23.7 Å². The molecule has 0 saturated heterocycles. The predicted molar refractivity (Wildman–Crippen MR) is 126 cm³/mol. The van der Waals surface area contributed by atoms with Gasteiger partial charge in [-0.05, 0) is 65.7 Å². The van der Waals surface area contributed by atoms with Gasteiger partial charge in [0.1, 0.15) is 24.7 Å². The van der Waals surface area contributed by atoms with E-state index in [0.29, 0.717) is 36.1 Å². The third kappa shape index (κ3) is 4.25. The summed E-state index contributed by atoms with van der Waals surface area (Å²) in [6.07, 6.45) is 3.38. The number of nitrogens with zero attached hydrogens (tertiary/aromatic N) is 1. The number of benzene rings is 3. The van der Waals surface area contributed by atoms with Crippen molar-refractivity contribution in [3.63, 3.8) is 0 Å². The summed E-state index contributed by atoms with van der Waals surface area (Å²) < 4.78 is 11.4. The van der Waals surface area contributed by atoms with Crippen molar-refractivity contribution in [3.8, 4) is 22.6 Å². The Balaban J connectivity index is 1.76. The third-order valence-electron chi connectivity index (χ3n) is 4.92. The number of ether oxygens (including phenoxy) is 2. The number of nitrogens with one attached hydrogen (secondary N) is 1. The Kier molecular flexibility index (Phi) is 6.03. The normalized spacial score (nSPS) is 11.2. The van der Waals surface area contributed by atoms with Crippen LogP contribution in [0, 0.1) is 0 Å². The average molecular weight is 426 g/mol. The number of hydrogen-bond donors (Lipinski definition) is 2. The smallest absolute Gasteiger partial charge is 0.335 e. The first kappa shape index (κ1) is 20.9. The standard InChI is InChI=1S/C26H22N2O4/c1-3-12-31-19-8-10-21-22-11-9-20(32-13-4-2)16-24(22)25(23(21)15-19)28-27-18-7-5-6-17(14-18)26(29)30/h3-11,14-16,27H,1-2,12-13H2,(H,29,30). The van der Waals surface area contributed by atoms with E-state index in [9.17, 15) is 9.90 Å². The lowest BCUT2D eigenvalue weighted by molar-refractivity contribution is 0.0697. The summed E-state index contributed by atoms with van der Waals surface area (Å²) in [5.41, 5.74) is 8.34. The topological polar surface area (TPSA) is 80.2 Å². The lowest BCUT2D eigenvalue weighted by Crippen LogP contribution is -2.05. The molecular weight excluding hydrogens is 404 g/mol. The lowest BCUT2D eigenvalue weighted by Gasteiger charge is -2.08. The zero-order chi connectivity index (χ0) is 22.5. The molecule has 1 aliphatic rings. The molecule has 0 aliphatic heterocycles. The van der Waals surface area contributed by atoms with Crippen LogP contribution >= 0.6 is 0 Å². The van der Waals surface area contributed by atoms with Gasteiger partial charge >= 0.3 is 5.97 Å². The molecule has 0 atom stereocenters. The molecule has 2 N–H and O–H groups in total. The van der Waals surface area contributed by atoms with Crippen molar-refractivity contribution in [2.75, 3.05) is 18.6 Å². The van der Waals surface area contributed by atoms with Crippen molar-refractivity contribution in [3.05, 3.63) is 103 Å². The molecule has 6 nitrogen and oxygen atoms in total. The Labute approximate surface area is 186 Å². The number of aromatic carboxylic acids is 1. The van der Waals surface area contributed by atoms with E-state index in [1.165, 1.54) is 12.1 Å². The first-order valence-electron chi connectivity index (χ1n) is 10.0. The van der Waals surface area contributed by atoms with Gasteiger partial charge in [-0.1, -0.05) is 31.4 Å². The van der Waals surface area contributed by atoms with Gasteiger partial charge in [-0.15, -0.1) is 0 Å². The van der Waals surface area contributed by atoms with Gasteiger partial charge in [-0.2, -0.15) is 5.10 Å². The van der Waals surface area contributed by atoms with Crippen molar-refractivity contribution < 1.29 is 19.4 Å². The van der Waals surface area contributed by atoms with Crippen molar-refractivity contribution in [2.24, 2.45) is 5.10 Å². The highest BCUT2D eigenvalue weighted by atomic mass is 16.5. The minimum absolute atomic E-state index is 0.183. The molecule has 0 radical (unpaired) electrons. The lowest BCUT2D eigenvalue weighted by atomic mass is 10.1.